The predicted octanol–water partition coefficient (Wildman–Crippen LogP) is 0.100. The Bertz CT molecular complexity index is 373. The first-order chi connectivity index (χ1) is 5.97. The van der Waals surface area contributed by atoms with Gasteiger partial charge in [-0.25, -0.2) is 0 Å². The molecule has 3 N–H and O–H groups in total. The zero-order valence-corrected chi connectivity index (χ0v) is 8.82. The molecule has 0 amide bonds. The van der Waals surface area contributed by atoms with Gasteiger partial charge < -0.3 is 5.73 Å². The van der Waals surface area contributed by atoms with Crippen molar-refractivity contribution in [3.05, 3.63) is 0 Å². The molecule has 0 atom stereocenters. The Morgan fingerprint density at radius 1 is 1.62 bits per heavy atom. The fourth-order valence-corrected chi connectivity index (χ4v) is 2.76. The number of nitrogens with two attached hydrogens (primary N) is 1. The Hall–Kier alpha value is -0.380. The van der Waals surface area contributed by atoms with Gasteiger partial charge in [-0.3, -0.25) is 4.55 Å². The molecule has 0 radical (unpaired) electrons. The Morgan fingerprint density at radius 3 is 2.77 bits per heavy atom. The van der Waals surface area contributed by atoms with Crippen LogP contribution in [0.4, 0.5) is 5.13 Å². The summed E-state index contributed by atoms with van der Waals surface area (Å²) in [5.74, 6) is -0.0915. The molecule has 1 heterocycles. The van der Waals surface area contributed by atoms with E-state index in [4.69, 9.17) is 10.3 Å². The van der Waals surface area contributed by atoms with E-state index in [0.717, 1.165) is 23.3 Å². The van der Waals surface area contributed by atoms with Gasteiger partial charge in [0.2, 0.25) is 10.3 Å². The Morgan fingerprint density at radius 2 is 2.31 bits per heavy atom. The van der Waals surface area contributed by atoms with Crippen molar-refractivity contribution in [2.45, 2.75) is 5.16 Å². The lowest BCUT2D eigenvalue weighted by Gasteiger charge is -1.93. The van der Waals surface area contributed by atoms with Crippen molar-refractivity contribution in [2.75, 3.05) is 17.2 Å². The standard InChI is InChI=1S/C4H7N3O3S3/c5-3-6-4(7-12-3)11-1-2-13(8,9)10/h1-2H2,(H2,5,6,7)(H,8,9,10). The molecule has 0 unspecified atom stereocenters. The van der Waals surface area contributed by atoms with Crippen LogP contribution in [0.25, 0.3) is 0 Å². The van der Waals surface area contributed by atoms with E-state index in [2.05, 4.69) is 9.36 Å². The molecular weight excluding hydrogens is 234 g/mol. The topological polar surface area (TPSA) is 106 Å². The van der Waals surface area contributed by atoms with Crippen LogP contribution in [0.3, 0.4) is 0 Å². The van der Waals surface area contributed by atoms with Gasteiger partial charge in [0.05, 0.1) is 5.75 Å². The summed E-state index contributed by atoms with van der Waals surface area (Å²) < 4.78 is 32.8. The maximum Gasteiger partial charge on any atom is 0.265 e. The fraction of sp³-hybridized carbons (Fsp3) is 0.500. The molecule has 0 saturated heterocycles. The molecule has 0 aliphatic heterocycles. The molecule has 9 heteroatoms. The van der Waals surface area contributed by atoms with E-state index in [1.807, 2.05) is 0 Å². The molecule has 0 saturated carbocycles. The number of thioether (sulfide) groups is 1. The minimum Gasteiger partial charge on any atom is -0.374 e. The zero-order valence-electron chi connectivity index (χ0n) is 6.37. The summed E-state index contributed by atoms with van der Waals surface area (Å²) in [5.41, 5.74) is 5.30. The second kappa shape index (κ2) is 4.22. The van der Waals surface area contributed by atoms with E-state index in [0.29, 0.717) is 10.3 Å². The van der Waals surface area contributed by atoms with Crippen molar-refractivity contribution in [2.24, 2.45) is 0 Å². The molecule has 0 aliphatic carbocycles. The smallest absolute Gasteiger partial charge is 0.265 e. The maximum atomic E-state index is 10.3. The molecule has 0 fully saturated rings. The first-order valence-electron chi connectivity index (χ1n) is 3.14. The van der Waals surface area contributed by atoms with Gasteiger partial charge in [-0.1, -0.05) is 11.8 Å². The van der Waals surface area contributed by atoms with Crippen LogP contribution in [0.15, 0.2) is 5.16 Å². The molecule has 1 aromatic heterocycles. The van der Waals surface area contributed by atoms with Crippen LogP contribution in [0, 0.1) is 0 Å². The van der Waals surface area contributed by atoms with Crippen molar-refractivity contribution in [3.8, 4) is 0 Å². The van der Waals surface area contributed by atoms with Crippen molar-refractivity contribution >= 4 is 38.5 Å². The van der Waals surface area contributed by atoms with Gasteiger partial charge in [0, 0.05) is 17.3 Å². The van der Waals surface area contributed by atoms with E-state index in [1.54, 1.807) is 0 Å². The van der Waals surface area contributed by atoms with Crippen LogP contribution >= 0.6 is 23.3 Å². The second-order valence-electron chi connectivity index (χ2n) is 2.05. The van der Waals surface area contributed by atoms with E-state index >= 15 is 0 Å². The number of hydrogen-bond donors (Lipinski definition) is 2. The van der Waals surface area contributed by atoms with Crippen LogP contribution < -0.4 is 5.73 Å². The highest BCUT2D eigenvalue weighted by molar-refractivity contribution is 8.00. The third-order valence-electron chi connectivity index (χ3n) is 0.996. The number of nitrogens with zero attached hydrogens (tertiary/aromatic N) is 2. The normalized spacial score (nSPS) is 11.8. The molecule has 1 aromatic rings. The number of aromatic nitrogens is 2. The van der Waals surface area contributed by atoms with Crippen LogP contribution in [0.1, 0.15) is 0 Å². The van der Waals surface area contributed by atoms with Crippen molar-refractivity contribution < 1.29 is 13.0 Å². The summed E-state index contributed by atoms with van der Waals surface area (Å²) in [5, 5.41) is 0.778. The number of rotatable bonds is 4. The van der Waals surface area contributed by atoms with Crippen molar-refractivity contribution in [1.29, 1.82) is 0 Å². The Labute approximate surface area is 83.5 Å². The third-order valence-corrected chi connectivity index (χ3v) is 3.48. The first kappa shape index (κ1) is 10.7. The lowest BCUT2D eigenvalue weighted by molar-refractivity contribution is 0.485. The maximum absolute atomic E-state index is 10.3. The van der Waals surface area contributed by atoms with E-state index in [1.165, 1.54) is 0 Å². The predicted molar refractivity (Wildman–Crippen MR) is 51.5 cm³/mol. The highest BCUT2D eigenvalue weighted by Gasteiger charge is 2.06. The summed E-state index contributed by atoms with van der Waals surface area (Å²) >= 11 is 2.18. The Kier molecular flexibility index (Phi) is 3.47. The van der Waals surface area contributed by atoms with Crippen LogP contribution in [-0.4, -0.2) is 33.8 Å². The monoisotopic (exact) mass is 241 g/mol. The Balaban J connectivity index is 2.36. The summed E-state index contributed by atoms with van der Waals surface area (Å²) in [7, 11) is -3.89. The van der Waals surface area contributed by atoms with E-state index in [9.17, 15) is 8.42 Å². The number of hydrogen-bond acceptors (Lipinski definition) is 7. The van der Waals surface area contributed by atoms with Gasteiger partial charge in [0.25, 0.3) is 10.1 Å². The summed E-state index contributed by atoms with van der Waals surface area (Å²) in [4.78, 5) is 3.80. The fourth-order valence-electron chi connectivity index (χ4n) is 0.518. The minimum absolute atomic E-state index is 0.217. The molecule has 1 rings (SSSR count). The average molecular weight is 241 g/mol. The number of nitrogen functional groups attached to an aromatic ring is 1. The molecular formula is C4H7N3O3S3. The lowest BCUT2D eigenvalue weighted by atomic mass is 11.0. The quantitative estimate of drug-likeness (QED) is 0.568. The number of anilines is 1. The molecule has 13 heavy (non-hydrogen) atoms. The third kappa shape index (κ3) is 4.41. The summed E-state index contributed by atoms with van der Waals surface area (Å²) in [6.45, 7) is 0. The lowest BCUT2D eigenvalue weighted by Crippen LogP contribution is -2.05. The highest BCUT2D eigenvalue weighted by atomic mass is 32.2. The van der Waals surface area contributed by atoms with Crippen LogP contribution in [0.2, 0.25) is 0 Å². The molecule has 0 spiro atoms. The highest BCUT2D eigenvalue weighted by Crippen LogP contribution is 2.17. The minimum atomic E-state index is -3.89. The van der Waals surface area contributed by atoms with Gasteiger partial charge in [-0.05, 0) is 0 Å². The van der Waals surface area contributed by atoms with Crippen LogP contribution in [0.5, 0.6) is 0 Å². The van der Waals surface area contributed by atoms with Crippen LogP contribution in [-0.2, 0) is 10.1 Å². The first-order valence-corrected chi connectivity index (χ1v) is 6.51. The average Bonchev–Trinajstić information content (AvgIpc) is 2.33. The van der Waals surface area contributed by atoms with Gasteiger partial charge >= 0.3 is 0 Å². The van der Waals surface area contributed by atoms with Gasteiger partial charge in [0.15, 0.2) is 0 Å². The SMILES string of the molecule is Nc1nc(SCCS(=O)(=O)O)ns1. The van der Waals surface area contributed by atoms with Crippen molar-refractivity contribution in [1.82, 2.24) is 9.36 Å². The molecule has 0 bridgehead atoms. The zero-order chi connectivity index (χ0) is 9.90. The van der Waals surface area contributed by atoms with Gasteiger partial charge in [-0.2, -0.15) is 17.8 Å². The molecule has 0 aliphatic rings. The largest absolute Gasteiger partial charge is 0.374 e. The molecule has 6 nitrogen and oxygen atoms in total. The van der Waals surface area contributed by atoms with E-state index in [-0.39, 0.29) is 11.5 Å². The van der Waals surface area contributed by atoms with E-state index < -0.39 is 10.1 Å². The van der Waals surface area contributed by atoms with Gasteiger partial charge in [-0.15, -0.1) is 0 Å². The summed E-state index contributed by atoms with van der Waals surface area (Å²) in [6.07, 6.45) is 0. The second-order valence-corrected chi connectivity index (χ2v) is 5.47. The molecule has 0 aromatic carbocycles. The van der Waals surface area contributed by atoms with Crippen molar-refractivity contribution in [3.63, 3.8) is 0 Å². The molecule has 74 valence electrons. The summed E-state index contributed by atoms with van der Waals surface area (Å²) in [6, 6.07) is 0. The van der Waals surface area contributed by atoms with Gasteiger partial charge in [0.1, 0.15) is 0 Å².